The molecular formula is C17H20N2O3S. The lowest BCUT2D eigenvalue weighted by atomic mass is 10.0. The number of piperidine rings is 1. The van der Waals surface area contributed by atoms with E-state index in [-0.39, 0.29) is 5.91 Å². The number of likely N-dealkylation sites (tertiary alicyclic amines) is 1. The highest BCUT2D eigenvalue weighted by Gasteiger charge is 2.31. The summed E-state index contributed by atoms with van der Waals surface area (Å²) in [5, 5.41) is 10.3. The highest BCUT2D eigenvalue weighted by atomic mass is 32.1. The number of carbonyl (C=O) groups is 2. The molecule has 1 aromatic heterocycles. The number of benzene rings is 1. The van der Waals surface area contributed by atoms with Crippen LogP contribution in [0.15, 0.2) is 24.3 Å². The average Bonchev–Trinajstić information content (AvgIpc) is 2.97. The van der Waals surface area contributed by atoms with Crippen LogP contribution < -0.4 is 0 Å². The van der Waals surface area contributed by atoms with Gasteiger partial charge in [-0.2, -0.15) is 0 Å². The number of carboxylic acid groups (broad SMARTS) is 1. The third-order valence-electron chi connectivity index (χ3n) is 4.23. The molecule has 122 valence electrons. The average molecular weight is 332 g/mol. The predicted octanol–water partition coefficient (Wildman–Crippen LogP) is 3.08. The summed E-state index contributed by atoms with van der Waals surface area (Å²) in [4.78, 5) is 29.7. The fourth-order valence-electron chi connectivity index (χ4n) is 3.05. The molecule has 0 bridgehead atoms. The first-order valence-corrected chi connectivity index (χ1v) is 8.83. The Hall–Kier alpha value is -1.95. The number of para-hydroxylation sites is 1. The zero-order valence-electron chi connectivity index (χ0n) is 12.9. The van der Waals surface area contributed by atoms with Crippen LogP contribution in [0.1, 0.15) is 37.1 Å². The third kappa shape index (κ3) is 3.69. The van der Waals surface area contributed by atoms with Crippen molar-refractivity contribution in [2.75, 3.05) is 6.54 Å². The van der Waals surface area contributed by atoms with Gasteiger partial charge in [-0.3, -0.25) is 4.79 Å². The predicted molar refractivity (Wildman–Crippen MR) is 89.5 cm³/mol. The van der Waals surface area contributed by atoms with Gasteiger partial charge in [0.2, 0.25) is 5.91 Å². The SMILES string of the molecule is O=C(O)C1CCCCN1C(=O)CCCc1nc2ccccc2s1. The first-order chi connectivity index (χ1) is 11.1. The fourth-order valence-corrected chi connectivity index (χ4v) is 4.06. The van der Waals surface area contributed by atoms with Crippen LogP contribution >= 0.6 is 11.3 Å². The second-order valence-corrected chi connectivity index (χ2v) is 6.98. The maximum Gasteiger partial charge on any atom is 0.326 e. The van der Waals surface area contributed by atoms with E-state index in [0.717, 1.165) is 34.5 Å². The lowest BCUT2D eigenvalue weighted by molar-refractivity contribution is -0.152. The molecule has 1 N–H and O–H groups in total. The van der Waals surface area contributed by atoms with Gasteiger partial charge in [0.25, 0.3) is 0 Å². The number of hydrogen-bond donors (Lipinski definition) is 1. The number of aliphatic carboxylic acids is 1. The Kier molecular flexibility index (Phi) is 4.91. The summed E-state index contributed by atoms with van der Waals surface area (Å²) in [5.74, 6) is -0.928. The maximum atomic E-state index is 12.3. The molecule has 1 saturated heterocycles. The van der Waals surface area contributed by atoms with Gasteiger partial charge in [-0.15, -0.1) is 11.3 Å². The molecule has 1 atom stereocenters. The monoisotopic (exact) mass is 332 g/mol. The number of carbonyl (C=O) groups excluding carboxylic acids is 1. The van der Waals surface area contributed by atoms with Crippen LogP contribution in [0.2, 0.25) is 0 Å². The molecule has 23 heavy (non-hydrogen) atoms. The van der Waals surface area contributed by atoms with Crippen molar-refractivity contribution < 1.29 is 14.7 Å². The van der Waals surface area contributed by atoms with Crippen LogP contribution in [-0.2, 0) is 16.0 Å². The van der Waals surface area contributed by atoms with Gasteiger partial charge in [0.15, 0.2) is 0 Å². The number of carboxylic acids is 1. The third-order valence-corrected chi connectivity index (χ3v) is 5.32. The van der Waals surface area contributed by atoms with Crippen molar-refractivity contribution >= 4 is 33.4 Å². The molecule has 1 unspecified atom stereocenters. The van der Waals surface area contributed by atoms with Crippen LogP contribution in [0.25, 0.3) is 10.2 Å². The van der Waals surface area contributed by atoms with Gasteiger partial charge in [0, 0.05) is 13.0 Å². The van der Waals surface area contributed by atoms with Crippen molar-refractivity contribution in [1.29, 1.82) is 0 Å². The molecule has 1 fully saturated rings. The van der Waals surface area contributed by atoms with Gasteiger partial charge in [-0.1, -0.05) is 12.1 Å². The van der Waals surface area contributed by atoms with Gasteiger partial charge in [-0.25, -0.2) is 9.78 Å². The molecule has 2 aromatic rings. The molecular weight excluding hydrogens is 312 g/mol. The normalized spacial score (nSPS) is 18.3. The minimum absolute atomic E-state index is 0.0433. The Labute approximate surface area is 138 Å². The number of amides is 1. The number of thiazole rings is 1. The molecule has 5 nitrogen and oxygen atoms in total. The van der Waals surface area contributed by atoms with E-state index >= 15 is 0 Å². The number of nitrogens with zero attached hydrogens (tertiary/aromatic N) is 2. The second kappa shape index (κ2) is 7.08. The van der Waals surface area contributed by atoms with E-state index in [2.05, 4.69) is 4.98 Å². The molecule has 1 amide bonds. The first kappa shape index (κ1) is 15.9. The van der Waals surface area contributed by atoms with Gasteiger partial charge in [0.1, 0.15) is 6.04 Å². The van der Waals surface area contributed by atoms with Crippen molar-refractivity contribution in [1.82, 2.24) is 9.88 Å². The van der Waals surface area contributed by atoms with Crippen molar-refractivity contribution in [3.8, 4) is 0 Å². The first-order valence-electron chi connectivity index (χ1n) is 8.02. The highest BCUT2D eigenvalue weighted by Crippen LogP contribution is 2.23. The van der Waals surface area contributed by atoms with Gasteiger partial charge in [0.05, 0.1) is 15.2 Å². The molecule has 1 aromatic carbocycles. The number of hydrogen-bond acceptors (Lipinski definition) is 4. The molecule has 3 rings (SSSR count). The van der Waals surface area contributed by atoms with E-state index in [1.165, 1.54) is 0 Å². The quantitative estimate of drug-likeness (QED) is 0.913. The topological polar surface area (TPSA) is 70.5 Å². The lowest BCUT2D eigenvalue weighted by Gasteiger charge is -2.33. The molecule has 0 radical (unpaired) electrons. The van der Waals surface area contributed by atoms with Crippen molar-refractivity contribution in [3.05, 3.63) is 29.3 Å². The summed E-state index contributed by atoms with van der Waals surface area (Å²) in [7, 11) is 0. The van der Waals surface area contributed by atoms with Crippen LogP contribution in [0, 0.1) is 0 Å². The van der Waals surface area contributed by atoms with Crippen LogP contribution in [-0.4, -0.2) is 39.5 Å². The van der Waals surface area contributed by atoms with Crippen molar-refractivity contribution in [2.24, 2.45) is 0 Å². The number of fused-ring (bicyclic) bond motifs is 1. The smallest absolute Gasteiger partial charge is 0.326 e. The largest absolute Gasteiger partial charge is 0.480 e. The molecule has 1 aliphatic rings. The summed E-state index contributed by atoms with van der Waals surface area (Å²) in [5.41, 5.74) is 1.00. The summed E-state index contributed by atoms with van der Waals surface area (Å²) in [6.07, 6.45) is 4.21. The standard InChI is InChI=1S/C17H20N2O3S/c20-16(19-11-4-3-7-13(19)17(21)22)10-5-9-15-18-12-6-1-2-8-14(12)23-15/h1-2,6,8,13H,3-5,7,9-11H2,(H,21,22). The van der Waals surface area contributed by atoms with Gasteiger partial charge < -0.3 is 10.0 Å². The Morgan fingerprint density at radius 3 is 2.91 bits per heavy atom. The molecule has 2 heterocycles. The van der Waals surface area contributed by atoms with Crippen LogP contribution in [0.4, 0.5) is 0 Å². The molecule has 0 spiro atoms. The second-order valence-electron chi connectivity index (χ2n) is 5.87. The lowest BCUT2D eigenvalue weighted by Crippen LogP contribution is -2.47. The summed E-state index contributed by atoms with van der Waals surface area (Å²) in [6, 6.07) is 7.37. The van der Waals surface area contributed by atoms with Crippen molar-refractivity contribution in [3.63, 3.8) is 0 Å². The molecule has 0 aliphatic carbocycles. The zero-order chi connectivity index (χ0) is 16.2. The summed E-state index contributed by atoms with van der Waals surface area (Å²) < 4.78 is 1.16. The molecule has 6 heteroatoms. The van der Waals surface area contributed by atoms with Gasteiger partial charge in [-0.05, 0) is 44.2 Å². The molecule has 0 saturated carbocycles. The number of rotatable bonds is 5. The summed E-state index contributed by atoms with van der Waals surface area (Å²) in [6.45, 7) is 0.566. The zero-order valence-corrected chi connectivity index (χ0v) is 13.7. The van der Waals surface area contributed by atoms with Gasteiger partial charge >= 0.3 is 5.97 Å². The van der Waals surface area contributed by atoms with E-state index in [0.29, 0.717) is 25.8 Å². The number of aryl methyl sites for hydroxylation is 1. The van der Waals surface area contributed by atoms with E-state index < -0.39 is 12.0 Å². The van der Waals surface area contributed by atoms with E-state index in [1.54, 1.807) is 16.2 Å². The van der Waals surface area contributed by atoms with Crippen LogP contribution in [0.5, 0.6) is 0 Å². The Morgan fingerprint density at radius 2 is 2.13 bits per heavy atom. The maximum absolute atomic E-state index is 12.3. The Bertz CT molecular complexity index is 680. The number of aromatic nitrogens is 1. The fraction of sp³-hybridized carbons (Fsp3) is 0.471. The Morgan fingerprint density at radius 1 is 1.30 bits per heavy atom. The Balaban J connectivity index is 1.55. The van der Waals surface area contributed by atoms with E-state index in [9.17, 15) is 14.7 Å². The van der Waals surface area contributed by atoms with Crippen molar-refractivity contribution in [2.45, 2.75) is 44.6 Å². The van der Waals surface area contributed by atoms with E-state index in [1.807, 2.05) is 24.3 Å². The molecule has 1 aliphatic heterocycles. The minimum atomic E-state index is -0.885. The highest BCUT2D eigenvalue weighted by molar-refractivity contribution is 7.18. The summed E-state index contributed by atoms with van der Waals surface area (Å²) >= 11 is 1.66. The minimum Gasteiger partial charge on any atom is -0.480 e. The van der Waals surface area contributed by atoms with E-state index in [4.69, 9.17) is 0 Å². The van der Waals surface area contributed by atoms with Crippen LogP contribution in [0.3, 0.4) is 0 Å².